The highest BCUT2D eigenvalue weighted by atomic mass is 16.5. The van der Waals surface area contributed by atoms with Crippen LogP contribution in [0.2, 0.25) is 0 Å². The van der Waals surface area contributed by atoms with Crippen LogP contribution in [0, 0.1) is 6.92 Å². The predicted molar refractivity (Wildman–Crippen MR) is 85.8 cm³/mol. The summed E-state index contributed by atoms with van der Waals surface area (Å²) in [5.41, 5.74) is 2.12. The smallest absolute Gasteiger partial charge is 0.317 e. The Bertz CT molecular complexity index is 677. The average Bonchev–Trinajstić information content (AvgIpc) is 3.03. The number of nitrogens with one attached hydrogen (secondary N) is 1. The number of carbonyl (C=O) groups is 1. The first-order chi connectivity index (χ1) is 11.2. The molecule has 1 aliphatic rings. The fraction of sp³-hybridized carbons (Fsp3) is 0.438. The molecule has 2 aromatic rings. The van der Waals surface area contributed by atoms with Gasteiger partial charge in [0.05, 0.1) is 6.54 Å². The lowest BCUT2D eigenvalue weighted by Crippen LogP contribution is -2.50. The summed E-state index contributed by atoms with van der Waals surface area (Å²) < 4.78 is 5.38. The van der Waals surface area contributed by atoms with Gasteiger partial charge in [0, 0.05) is 38.8 Å². The maximum atomic E-state index is 11.6. The molecule has 7 heteroatoms. The molecule has 0 bridgehead atoms. The number of hydrogen-bond acceptors (Lipinski definition) is 5. The maximum Gasteiger partial charge on any atom is 0.317 e. The highest BCUT2D eigenvalue weighted by molar-refractivity contribution is 5.73. The van der Waals surface area contributed by atoms with E-state index >= 15 is 0 Å². The van der Waals surface area contributed by atoms with Crippen molar-refractivity contribution in [1.82, 2.24) is 25.3 Å². The van der Waals surface area contributed by atoms with E-state index in [1.165, 1.54) is 0 Å². The molecule has 2 heterocycles. The Morgan fingerprint density at radius 2 is 2.00 bits per heavy atom. The maximum absolute atomic E-state index is 11.6. The molecule has 1 N–H and O–H groups in total. The standard InChI is InChI=1S/C16H21N5O2/c1-12-5-3-4-6-13(12)15-18-14(23-19-15)11-20-7-9-21(10-8-20)16(22)17-2/h3-6H,7-11H2,1-2H3,(H,17,22). The summed E-state index contributed by atoms with van der Waals surface area (Å²) in [5, 5.41) is 6.74. The molecule has 0 saturated carbocycles. The molecule has 1 fully saturated rings. The highest BCUT2D eigenvalue weighted by Gasteiger charge is 2.22. The molecule has 2 amide bonds. The van der Waals surface area contributed by atoms with Gasteiger partial charge in [0.1, 0.15) is 0 Å². The van der Waals surface area contributed by atoms with E-state index in [0.717, 1.165) is 24.2 Å². The van der Waals surface area contributed by atoms with E-state index in [4.69, 9.17) is 4.52 Å². The fourth-order valence-electron chi connectivity index (χ4n) is 2.71. The van der Waals surface area contributed by atoms with Crippen LogP contribution in [0.5, 0.6) is 0 Å². The lowest BCUT2D eigenvalue weighted by Gasteiger charge is -2.33. The van der Waals surface area contributed by atoms with Crippen LogP contribution in [0.25, 0.3) is 11.4 Å². The monoisotopic (exact) mass is 315 g/mol. The van der Waals surface area contributed by atoms with E-state index in [1.54, 1.807) is 7.05 Å². The van der Waals surface area contributed by atoms with Gasteiger partial charge in [0.15, 0.2) is 0 Å². The molecule has 23 heavy (non-hydrogen) atoms. The summed E-state index contributed by atoms with van der Waals surface area (Å²) in [7, 11) is 1.65. The van der Waals surface area contributed by atoms with E-state index in [0.29, 0.717) is 31.3 Å². The lowest BCUT2D eigenvalue weighted by molar-refractivity contribution is 0.127. The number of amides is 2. The number of benzene rings is 1. The molecular formula is C16H21N5O2. The SMILES string of the molecule is CNC(=O)N1CCN(Cc2nc(-c3ccccc3C)no2)CC1. The van der Waals surface area contributed by atoms with E-state index < -0.39 is 0 Å². The summed E-state index contributed by atoms with van der Waals surface area (Å²) in [6.45, 7) is 5.66. The lowest BCUT2D eigenvalue weighted by atomic mass is 10.1. The molecule has 1 aromatic carbocycles. The number of aryl methyl sites for hydroxylation is 1. The van der Waals surface area contributed by atoms with Crippen molar-refractivity contribution < 1.29 is 9.32 Å². The minimum absolute atomic E-state index is 0.0238. The quantitative estimate of drug-likeness (QED) is 0.929. The van der Waals surface area contributed by atoms with Crippen LogP contribution in [-0.2, 0) is 6.54 Å². The Balaban J connectivity index is 1.60. The molecule has 0 spiro atoms. The number of aromatic nitrogens is 2. The van der Waals surface area contributed by atoms with Gasteiger partial charge in [0.2, 0.25) is 11.7 Å². The Morgan fingerprint density at radius 1 is 1.26 bits per heavy atom. The molecule has 1 aliphatic heterocycles. The van der Waals surface area contributed by atoms with Crippen LogP contribution >= 0.6 is 0 Å². The van der Waals surface area contributed by atoms with Crippen LogP contribution in [0.3, 0.4) is 0 Å². The first-order valence-electron chi connectivity index (χ1n) is 7.75. The molecule has 122 valence electrons. The zero-order valence-corrected chi connectivity index (χ0v) is 13.5. The van der Waals surface area contributed by atoms with Crippen molar-refractivity contribution >= 4 is 6.03 Å². The number of piperazine rings is 1. The molecule has 0 atom stereocenters. The number of urea groups is 1. The molecule has 0 radical (unpaired) electrons. The van der Waals surface area contributed by atoms with Gasteiger partial charge >= 0.3 is 6.03 Å². The number of rotatable bonds is 3. The van der Waals surface area contributed by atoms with Crippen molar-refractivity contribution in [2.45, 2.75) is 13.5 Å². The van der Waals surface area contributed by atoms with Crippen LogP contribution in [0.4, 0.5) is 4.79 Å². The van der Waals surface area contributed by atoms with Crippen molar-refractivity contribution in [2.24, 2.45) is 0 Å². The second-order valence-electron chi connectivity index (χ2n) is 5.64. The second-order valence-corrected chi connectivity index (χ2v) is 5.64. The van der Waals surface area contributed by atoms with Crippen LogP contribution in [0.1, 0.15) is 11.5 Å². The van der Waals surface area contributed by atoms with Gasteiger partial charge in [-0.1, -0.05) is 29.4 Å². The second kappa shape index (κ2) is 6.78. The van der Waals surface area contributed by atoms with Crippen molar-refractivity contribution in [3.63, 3.8) is 0 Å². The van der Waals surface area contributed by atoms with Gasteiger partial charge in [-0.3, -0.25) is 4.90 Å². The van der Waals surface area contributed by atoms with Crippen molar-refractivity contribution in [1.29, 1.82) is 0 Å². The molecule has 3 rings (SSSR count). The van der Waals surface area contributed by atoms with E-state index in [-0.39, 0.29) is 6.03 Å². The Morgan fingerprint density at radius 3 is 2.70 bits per heavy atom. The molecular weight excluding hydrogens is 294 g/mol. The Labute approximate surface area is 135 Å². The molecule has 7 nitrogen and oxygen atoms in total. The van der Waals surface area contributed by atoms with Crippen LogP contribution < -0.4 is 5.32 Å². The Kier molecular flexibility index (Phi) is 4.57. The number of carbonyl (C=O) groups excluding carboxylic acids is 1. The third-order valence-electron chi connectivity index (χ3n) is 4.09. The fourth-order valence-corrected chi connectivity index (χ4v) is 2.71. The summed E-state index contributed by atoms with van der Waals surface area (Å²) in [5.74, 6) is 1.23. The topological polar surface area (TPSA) is 74.5 Å². The summed E-state index contributed by atoms with van der Waals surface area (Å²) in [6.07, 6.45) is 0. The molecule has 0 unspecified atom stereocenters. The van der Waals surface area contributed by atoms with Crippen molar-refractivity contribution in [2.75, 3.05) is 33.2 Å². The molecule has 1 saturated heterocycles. The third kappa shape index (κ3) is 3.50. The highest BCUT2D eigenvalue weighted by Crippen LogP contribution is 2.20. The van der Waals surface area contributed by atoms with Gasteiger partial charge < -0.3 is 14.7 Å². The summed E-state index contributed by atoms with van der Waals surface area (Å²) >= 11 is 0. The normalized spacial score (nSPS) is 15.7. The largest absolute Gasteiger partial charge is 0.341 e. The predicted octanol–water partition coefficient (Wildman–Crippen LogP) is 1.50. The van der Waals surface area contributed by atoms with Crippen LogP contribution in [0.15, 0.2) is 28.8 Å². The minimum Gasteiger partial charge on any atom is -0.341 e. The molecule has 0 aliphatic carbocycles. The van der Waals surface area contributed by atoms with Gasteiger partial charge in [-0.05, 0) is 12.5 Å². The zero-order valence-electron chi connectivity index (χ0n) is 13.5. The van der Waals surface area contributed by atoms with E-state index in [9.17, 15) is 4.79 Å². The van der Waals surface area contributed by atoms with Crippen molar-refractivity contribution in [3.05, 3.63) is 35.7 Å². The zero-order chi connectivity index (χ0) is 16.2. The summed E-state index contributed by atoms with van der Waals surface area (Å²) in [4.78, 5) is 20.1. The van der Waals surface area contributed by atoms with Crippen LogP contribution in [-0.4, -0.2) is 59.2 Å². The number of nitrogens with zero attached hydrogens (tertiary/aromatic N) is 4. The Hall–Kier alpha value is -2.41. The molecule has 1 aromatic heterocycles. The third-order valence-corrected chi connectivity index (χ3v) is 4.09. The minimum atomic E-state index is -0.0238. The van der Waals surface area contributed by atoms with Gasteiger partial charge in [0.25, 0.3) is 0 Å². The van der Waals surface area contributed by atoms with Gasteiger partial charge in [-0.2, -0.15) is 4.98 Å². The van der Waals surface area contributed by atoms with Gasteiger partial charge in [-0.25, -0.2) is 4.79 Å². The summed E-state index contributed by atoms with van der Waals surface area (Å²) in [6, 6.07) is 7.96. The first kappa shape index (κ1) is 15.5. The first-order valence-corrected chi connectivity index (χ1v) is 7.75. The van der Waals surface area contributed by atoms with E-state index in [2.05, 4.69) is 20.4 Å². The van der Waals surface area contributed by atoms with Gasteiger partial charge in [-0.15, -0.1) is 0 Å². The van der Waals surface area contributed by atoms with E-state index in [1.807, 2.05) is 36.1 Å². The van der Waals surface area contributed by atoms with Crippen molar-refractivity contribution in [3.8, 4) is 11.4 Å². The number of hydrogen-bond donors (Lipinski definition) is 1. The average molecular weight is 315 g/mol.